The van der Waals surface area contributed by atoms with Crippen molar-refractivity contribution in [2.75, 3.05) is 7.11 Å². The lowest BCUT2D eigenvalue weighted by molar-refractivity contribution is -0.140. The van der Waals surface area contributed by atoms with Crippen molar-refractivity contribution in [2.45, 2.75) is 19.4 Å². The first-order valence-corrected chi connectivity index (χ1v) is 7.08. The van der Waals surface area contributed by atoms with Gasteiger partial charge in [-0.05, 0) is 41.8 Å². The summed E-state index contributed by atoms with van der Waals surface area (Å²) in [5.41, 5.74) is 2.10. The van der Waals surface area contributed by atoms with Crippen LogP contribution in [0.15, 0.2) is 48.5 Å². The fourth-order valence-electron chi connectivity index (χ4n) is 1.89. The van der Waals surface area contributed by atoms with Gasteiger partial charge in [-0.2, -0.15) is 0 Å². The monoisotopic (exact) mass is 304 g/mol. The maximum Gasteiger partial charge on any atom is 0.305 e. The molecule has 2 aromatic carbocycles. The molecule has 2 aromatic rings. The van der Waals surface area contributed by atoms with Gasteiger partial charge in [-0.15, -0.1) is 0 Å². The number of ether oxygens (including phenoxy) is 2. The zero-order valence-electron chi connectivity index (χ0n) is 11.8. The number of aryl methyl sites for hydroxylation is 1. The summed E-state index contributed by atoms with van der Waals surface area (Å²) in [6, 6.07) is 15.3. The van der Waals surface area contributed by atoms with Crippen LogP contribution in [0.2, 0.25) is 5.02 Å². The minimum atomic E-state index is -0.198. The van der Waals surface area contributed by atoms with E-state index in [2.05, 4.69) is 4.74 Å². The molecule has 0 saturated carbocycles. The van der Waals surface area contributed by atoms with Gasteiger partial charge in [0.25, 0.3) is 0 Å². The molecule has 0 aliphatic heterocycles. The number of methoxy groups -OCH3 is 1. The second-order valence-electron chi connectivity index (χ2n) is 4.64. The number of carbonyl (C=O) groups excluding carboxylic acids is 1. The summed E-state index contributed by atoms with van der Waals surface area (Å²) in [6.07, 6.45) is 1.06. The van der Waals surface area contributed by atoms with Crippen LogP contribution >= 0.6 is 11.6 Å². The lowest BCUT2D eigenvalue weighted by Crippen LogP contribution is -2.01. The lowest BCUT2D eigenvalue weighted by Gasteiger charge is -2.07. The van der Waals surface area contributed by atoms with E-state index in [0.717, 1.165) is 16.9 Å². The van der Waals surface area contributed by atoms with Crippen LogP contribution in [-0.2, 0) is 22.6 Å². The van der Waals surface area contributed by atoms with Gasteiger partial charge in [-0.1, -0.05) is 35.9 Å². The Kier molecular flexibility index (Phi) is 5.64. The fraction of sp³-hybridized carbons (Fsp3) is 0.235. The molecule has 0 heterocycles. The predicted molar refractivity (Wildman–Crippen MR) is 82.6 cm³/mol. The summed E-state index contributed by atoms with van der Waals surface area (Å²) in [4.78, 5) is 11.1. The third-order valence-corrected chi connectivity index (χ3v) is 3.30. The molecule has 0 aliphatic carbocycles. The topological polar surface area (TPSA) is 35.5 Å². The van der Waals surface area contributed by atoms with Crippen molar-refractivity contribution in [3.05, 3.63) is 64.7 Å². The molecule has 0 saturated heterocycles. The summed E-state index contributed by atoms with van der Waals surface area (Å²) in [7, 11) is 1.40. The summed E-state index contributed by atoms with van der Waals surface area (Å²) < 4.78 is 10.3. The largest absolute Gasteiger partial charge is 0.489 e. The van der Waals surface area contributed by atoms with Crippen LogP contribution in [0.5, 0.6) is 5.75 Å². The molecule has 0 fully saturated rings. The van der Waals surface area contributed by atoms with Crippen molar-refractivity contribution in [3.8, 4) is 5.75 Å². The molecule has 110 valence electrons. The summed E-state index contributed by atoms with van der Waals surface area (Å²) in [5.74, 6) is 0.591. The third kappa shape index (κ3) is 5.12. The Balaban J connectivity index is 1.86. The van der Waals surface area contributed by atoms with Crippen molar-refractivity contribution in [3.63, 3.8) is 0 Å². The van der Waals surface area contributed by atoms with E-state index in [1.807, 2.05) is 48.5 Å². The third-order valence-electron chi connectivity index (χ3n) is 3.06. The second kappa shape index (κ2) is 7.70. The van der Waals surface area contributed by atoms with Crippen molar-refractivity contribution in [1.29, 1.82) is 0 Å². The highest BCUT2D eigenvalue weighted by Gasteiger charge is 2.02. The van der Waals surface area contributed by atoms with Crippen LogP contribution in [0.4, 0.5) is 0 Å². The van der Waals surface area contributed by atoms with Gasteiger partial charge < -0.3 is 9.47 Å². The first kappa shape index (κ1) is 15.4. The molecule has 0 unspecified atom stereocenters. The van der Waals surface area contributed by atoms with E-state index >= 15 is 0 Å². The molecular formula is C17H17ClO3. The van der Waals surface area contributed by atoms with Crippen molar-refractivity contribution < 1.29 is 14.3 Å². The predicted octanol–water partition coefficient (Wildman–Crippen LogP) is 4.02. The van der Waals surface area contributed by atoms with Gasteiger partial charge in [0.05, 0.1) is 7.11 Å². The number of esters is 1. The van der Waals surface area contributed by atoms with E-state index < -0.39 is 0 Å². The molecule has 2 rings (SSSR count). The van der Waals surface area contributed by atoms with Gasteiger partial charge in [0.15, 0.2) is 0 Å². The summed E-state index contributed by atoms with van der Waals surface area (Å²) in [6.45, 7) is 0.474. The highest BCUT2D eigenvalue weighted by Crippen LogP contribution is 2.17. The number of benzene rings is 2. The fourth-order valence-corrected chi connectivity index (χ4v) is 2.11. The average molecular weight is 305 g/mol. The van der Waals surface area contributed by atoms with Crippen LogP contribution in [0.3, 0.4) is 0 Å². The Labute approximate surface area is 129 Å². The standard InChI is InChI=1S/C17H17ClO3/c1-20-17(19)10-7-13-5-8-16(9-6-13)21-12-14-3-2-4-15(18)11-14/h2-6,8-9,11H,7,10,12H2,1H3. The molecular weight excluding hydrogens is 288 g/mol. The summed E-state index contributed by atoms with van der Waals surface area (Å²) in [5, 5.41) is 0.703. The Bertz CT molecular complexity index is 593. The molecule has 4 heteroatoms. The van der Waals surface area contributed by atoms with Gasteiger partial charge in [0.2, 0.25) is 0 Å². The van der Waals surface area contributed by atoms with Crippen LogP contribution in [0.1, 0.15) is 17.5 Å². The van der Waals surface area contributed by atoms with Crippen LogP contribution < -0.4 is 4.74 Å². The average Bonchev–Trinajstić information content (AvgIpc) is 2.51. The molecule has 0 spiro atoms. The number of carbonyl (C=O) groups is 1. The molecule has 0 atom stereocenters. The van der Waals surface area contributed by atoms with Gasteiger partial charge in [0.1, 0.15) is 12.4 Å². The van der Waals surface area contributed by atoms with E-state index in [9.17, 15) is 4.79 Å². The van der Waals surface area contributed by atoms with Gasteiger partial charge >= 0.3 is 5.97 Å². The highest BCUT2D eigenvalue weighted by atomic mass is 35.5. The van der Waals surface area contributed by atoms with Gasteiger partial charge in [0, 0.05) is 11.4 Å². The number of rotatable bonds is 6. The van der Waals surface area contributed by atoms with Gasteiger partial charge in [-0.25, -0.2) is 0 Å². The first-order chi connectivity index (χ1) is 10.2. The van der Waals surface area contributed by atoms with E-state index in [-0.39, 0.29) is 5.97 Å². The van der Waals surface area contributed by atoms with E-state index in [1.54, 1.807) is 0 Å². The van der Waals surface area contributed by atoms with E-state index in [1.165, 1.54) is 7.11 Å². The Morgan fingerprint density at radius 1 is 1.10 bits per heavy atom. The molecule has 3 nitrogen and oxygen atoms in total. The Morgan fingerprint density at radius 2 is 1.86 bits per heavy atom. The van der Waals surface area contributed by atoms with Crippen molar-refractivity contribution in [2.24, 2.45) is 0 Å². The highest BCUT2D eigenvalue weighted by molar-refractivity contribution is 6.30. The lowest BCUT2D eigenvalue weighted by atomic mass is 10.1. The van der Waals surface area contributed by atoms with Crippen molar-refractivity contribution in [1.82, 2.24) is 0 Å². The van der Waals surface area contributed by atoms with E-state index in [0.29, 0.717) is 24.5 Å². The SMILES string of the molecule is COC(=O)CCc1ccc(OCc2cccc(Cl)c2)cc1. The van der Waals surface area contributed by atoms with Crippen LogP contribution in [0.25, 0.3) is 0 Å². The smallest absolute Gasteiger partial charge is 0.305 e. The van der Waals surface area contributed by atoms with Crippen LogP contribution in [0, 0.1) is 0 Å². The van der Waals surface area contributed by atoms with E-state index in [4.69, 9.17) is 16.3 Å². The molecule has 0 aromatic heterocycles. The molecule has 0 amide bonds. The quantitative estimate of drug-likeness (QED) is 0.756. The molecule has 0 bridgehead atoms. The molecule has 21 heavy (non-hydrogen) atoms. The van der Waals surface area contributed by atoms with Gasteiger partial charge in [-0.3, -0.25) is 4.79 Å². The van der Waals surface area contributed by atoms with Crippen LogP contribution in [-0.4, -0.2) is 13.1 Å². The minimum Gasteiger partial charge on any atom is -0.489 e. The zero-order chi connectivity index (χ0) is 15.1. The Morgan fingerprint density at radius 3 is 2.52 bits per heavy atom. The zero-order valence-corrected chi connectivity index (χ0v) is 12.6. The Hall–Kier alpha value is -2.00. The number of halogens is 1. The normalized spacial score (nSPS) is 10.2. The number of hydrogen-bond donors (Lipinski definition) is 0. The first-order valence-electron chi connectivity index (χ1n) is 6.70. The molecule has 0 N–H and O–H groups in total. The molecule has 0 aliphatic rings. The second-order valence-corrected chi connectivity index (χ2v) is 5.08. The maximum atomic E-state index is 11.1. The maximum absolute atomic E-state index is 11.1. The summed E-state index contributed by atoms with van der Waals surface area (Å²) >= 11 is 5.93. The molecule has 0 radical (unpaired) electrons. The van der Waals surface area contributed by atoms with Crippen molar-refractivity contribution >= 4 is 17.6 Å². The number of hydrogen-bond acceptors (Lipinski definition) is 3. The minimum absolute atomic E-state index is 0.198.